The van der Waals surface area contributed by atoms with Gasteiger partial charge in [-0.15, -0.1) is 0 Å². The predicted molar refractivity (Wildman–Crippen MR) is 86.0 cm³/mol. The molecule has 0 saturated heterocycles. The topological polar surface area (TPSA) is 58.4 Å². The summed E-state index contributed by atoms with van der Waals surface area (Å²) in [5, 5.41) is 0. The molecule has 0 unspecified atom stereocenters. The van der Waals surface area contributed by atoms with Gasteiger partial charge in [0.05, 0.1) is 11.3 Å². The van der Waals surface area contributed by atoms with Crippen LogP contribution in [0.25, 0.3) is 0 Å². The number of nitrogens with two attached hydrogens (primary N) is 1. The lowest BCUT2D eigenvalue weighted by Gasteiger charge is -2.19. The van der Waals surface area contributed by atoms with Crippen LogP contribution in [0, 0.1) is 13.8 Å². The summed E-state index contributed by atoms with van der Waals surface area (Å²) in [6.07, 6.45) is 0. The van der Waals surface area contributed by atoms with Gasteiger partial charge in [-0.3, -0.25) is 10.6 Å². The van der Waals surface area contributed by atoms with E-state index in [4.69, 9.17) is 5.84 Å². The molecule has 3 N–H and O–H groups in total. The number of amides is 1. The van der Waals surface area contributed by atoms with Gasteiger partial charge in [-0.2, -0.15) is 0 Å². The number of nitrogens with zero attached hydrogens (tertiary/aromatic N) is 1. The molecule has 0 aliphatic carbocycles. The van der Waals surface area contributed by atoms with E-state index >= 15 is 0 Å². The van der Waals surface area contributed by atoms with Gasteiger partial charge in [0.15, 0.2) is 0 Å². The number of aryl methyl sites for hydroxylation is 2. The van der Waals surface area contributed by atoms with Gasteiger partial charge in [-0.25, -0.2) is 0 Å². The fraction of sp³-hybridized carbons (Fsp3) is 0.235. The normalized spacial score (nSPS) is 10.3. The van der Waals surface area contributed by atoms with Gasteiger partial charge in [0.1, 0.15) is 0 Å². The third kappa shape index (κ3) is 3.61. The molecule has 1 amide bonds. The van der Waals surface area contributed by atoms with Crippen molar-refractivity contribution in [1.29, 1.82) is 0 Å². The summed E-state index contributed by atoms with van der Waals surface area (Å²) < 4.78 is 0. The Kier molecular flexibility index (Phi) is 4.60. The van der Waals surface area contributed by atoms with Crippen LogP contribution in [0.15, 0.2) is 42.5 Å². The third-order valence-corrected chi connectivity index (χ3v) is 3.41. The number of carbonyl (C=O) groups excluding carboxylic acids is 1. The molecule has 4 heteroatoms. The van der Waals surface area contributed by atoms with Crippen molar-refractivity contribution in [1.82, 2.24) is 4.90 Å². The highest BCUT2D eigenvalue weighted by atomic mass is 16.2. The summed E-state index contributed by atoms with van der Waals surface area (Å²) in [5.74, 6) is 5.46. The number of benzene rings is 2. The maximum absolute atomic E-state index is 12.6. The third-order valence-electron chi connectivity index (χ3n) is 3.41. The Morgan fingerprint density at radius 1 is 1.14 bits per heavy atom. The number of hydrazine groups is 1. The maximum Gasteiger partial charge on any atom is 0.256 e. The molecule has 0 saturated carbocycles. The van der Waals surface area contributed by atoms with Gasteiger partial charge in [-0.05, 0) is 37.1 Å². The molecule has 0 bridgehead atoms. The molecule has 0 spiro atoms. The largest absolute Gasteiger partial charge is 0.337 e. The second-order valence-electron chi connectivity index (χ2n) is 5.34. The van der Waals surface area contributed by atoms with Crippen LogP contribution < -0.4 is 11.3 Å². The first-order valence-electron chi connectivity index (χ1n) is 6.89. The summed E-state index contributed by atoms with van der Waals surface area (Å²) in [4.78, 5) is 14.3. The number of nitrogens with one attached hydrogen (secondary N) is 1. The first-order valence-corrected chi connectivity index (χ1v) is 6.89. The Hall–Kier alpha value is -2.33. The van der Waals surface area contributed by atoms with Gasteiger partial charge < -0.3 is 10.3 Å². The molecule has 0 fully saturated rings. The molecule has 0 aliphatic rings. The van der Waals surface area contributed by atoms with Crippen LogP contribution in [-0.4, -0.2) is 17.9 Å². The Morgan fingerprint density at radius 3 is 2.52 bits per heavy atom. The molecule has 21 heavy (non-hydrogen) atoms. The van der Waals surface area contributed by atoms with Crippen LogP contribution in [0.5, 0.6) is 0 Å². The number of hydrogen-bond acceptors (Lipinski definition) is 3. The Balaban J connectivity index is 2.19. The molecular weight excluding hydrogens is 262 g/mol. The zero-order valence-corrected chi connectivity index (χ0v) is 12.7. The summed E-state index contributed by atoms with van der Waals surface area (Å²) in [6, 6.07) is 13.7. The van der Waals surface area contributed by atoms with Gasteiger partial charge in [0.25, 0.3) is 5.91 Å². The number of hydrogen-bond donors (Lipinski definition) is 2. The fourth-order valence-corrected chi connectivity index (χ4v) is 2.33. The van der Waals surface area contributed by atoms with E-state index in [1.807, 2.05) is 44.2 Å². The van der Waals surface area contributed by atoms with Gasteiger partial charge in [0.2, 0.25) is 0 Å². The van der Waals surface area contributed by atoms with E-state index in [2.05, 4.69) is 11.5 Å². The minimum Gasteiger partial charge on any atom is -0.337 e. The number of anilines is 1. The van der Waals surface area contributed by atoms with Crippen molar-refractivity contribution in [3.8, 4) is 0 Å². The van der Waals surface area contributed by atoms with Crippen LogP contribution in [0.2, 0.25) is 0 Å². The van der Waals surface area contributed by atoms with E-state index in [0.717, 1.165) is 11.1 Å². The molecule has 0 heterocycles. The molecular formula is C17H21N3O. The highest BCUT2D eigenvalue weighted by molar-refractivity contribution is 5.99. The van der Waals surface area contributed by atoms with Crippen molar-refractivity contribution in [2.75, 3.05) is 12.5 Å². The van der Waals surface area contributed by atoms with Crippen LogP contribution in [0.3, 0.4) is 0 Å². The van der Waals surface area contributed by atoms with E-state index in [0.29, 0.717) is 17.8 Å². The quantitative estimate of drug-likeness (QED) is 0.670. The molecule has 2 aromatic carbocycles. The lowest BCUT2D eigenvalue weighted by Crippen LogP contribution is -2.27. The van der Waals surface area contributed by atoms with E-state index in [1.54, 1.807) is 18.0 Å². The first-order chi connectivity index (χ1) is 10.0. The van der Waals surface area contributed by atoms with E-state index in [9.17, 15) is 4.79 Å². The molecule has 110 valence electrons. The van der Waals surface area contributed by atoms with Crippen molar-refractivity contribution in [2.45, 2.75) is 20.4 Å². The Bertz CT molecular complexity index is 652. The average molecular weight is 283 g/mol. The second-order valence-corrected chi connectivity index (χ2v) is 5.34. The fourth-order valence-electron chi connectivity index (χ4n) is 2.33. The van der Waals surface area contributed by atoms with Crippen LogP contribution in [0.4, 0.5) is 5.69 Å². The molecule has 0 radical (unpaired) electrons. The van der Waals surface area contributed by atoms with E-state index < -0.39 is 0 Å². The average Bonchev–Trinajstić information content (AvgIpc) is 2.46. The summed E-state index contributed by atoms with van der Waals surface area (Å²) in [6.45, 7) is 4.58. The highest BCUT2D eigenvalue weighted by Gasteiger charge is 2.15. The summed E-state index contributed by atoms with van der Waals surface area (Å²) in [7, 11) is 1.80. The molecule has 0 aromatic heterocycles. The number of rotatable bonds is 4. The van der Waals surface area contributed by atoms with Crippen molar-refractivity contribution < 1.29 is 4.79 Å². The van der Waals surface area contributed by atoms with Crippen LogP contribution in [0.1, 0.15) is 27.0 Å². The van der Waals surface area contributed by atoms with Crippen molar-refractivity contribution in [2.24, 2.45) is 5.84 Å². The van der Waals surface area contributed by atoms with Crippen molar-refractivity contribution in [3.63, 3.8) is 0 Å². The van der Waals surface area contributed by atoms with Gasteiger partial charge >= 0.3 is 0 Å². The molecule has 0 atom stereocenters. The minimum absolute atomic E-state index is 0.0514. The first kappa shape index (κ1) is 15.1. The second kappa shape index (κ2) is 6.41. The van der Waals surface area contributed by atoms with Crippen molar-refractivity contribution in [3.05, 3.63) is 64.7 Å². The van der Waals surface area contributed by atoms with E-state index in [-0.39, 0.29) is 5.91 Å². The lowest BCUT2D eigenvalue weighted by molar-refractivity contribution is 0.0786. The minimum atomic E-state index is -0.0514. The van der Waals surface area contributed by atoms with E-state index in [1.165, 1.54) is 5.56 Å². The zero-order chi connectivity index (χ0) is 15.4. The summed E-state index contributed by atoms with van der Waals surface area (Å²) >= 11 is 0. The van der Waals surface area contributed by atoms with Gasteiger partial charge in [0, 0.05) is 13.6 Å². The Morgan fingerprint density at radius 2 is 1.86 bits per heavy atom. The molecule has 4 nitrogen and oxygen atoms in total. The van der Waals surface area contributed by atoms with Gasteiger partial charge in [-0.1, -0.05) is 35.9 Å². The monoisotopic (exact) mass is 283 g/mol. The summed E-state index contributed by atoms with van der Waals surface area (Å²) in [5.41, 5.74) is 7.18. The van der Waals surface area contributed by atoms with Crippen LogP contribution in [-0.2, 0) is 6.54 Å². The lowest BCUT2D eigenvalue weighted by atomic mass is 10.1. The van der Waals surface area contributed by atoms with Crippen LogP contribution >= 0.6 is 0 Å². The Labute approximate surface area is 125 Å². The molecule has 2 aromatic rings. The molecule has 2 rings (SSSR count). The standard InChI is InChI=1S/C17H21N3O/c1-12-5-4-6-14(9-12)11-20(3)17(21)15-8-7-13(2)10-16(15)19-18/h4-10,19H,11,18H2,1-3H3. The maximum atomic E-state index is 12.6. The highest BCUT2D eigenvalue weighted by Crippen LogP contribution is 2.19. The smallest absolute Gasteiger partial charge is 0.256 e. The number of carbonyl (C=O) groups is 1. The SMILES string of the molecule is Cc1cccc(CN(C)C(=O)c2ccc(C)cc2NN)c1. The number of nitrogen functional groups attached to an aromatic ring is 1. The molecule has 0 aliphatic heterocycles. The zero-order valence-electron chi connectivity index (χ0n) is 12.7. The predicted octanol–water partition coefficient (Wildman–Crippen LogP) is 2.86. The van der Waals surface area contributed by atoms with Crippen molar-refractivity contribution >= 4 is 11.6 Å².